The van der Waals surface area contributed by atoms with E-state index in [2.05, 4.69) is 24.5 Å². The molecule has 1 aromatic rings. The van der Waals surface area contributed by atoms with Crippen LogP contribution >= 0.6 is 0 Å². The molecule has 0 atom stereocenters. The number of hydrogen-bond donors (Lipinski definition) is 2. The predicted molar refractivity (Wildman–Crippen MR) is 80.2 cm³/mol. The fourth-order valence-corrected chi connectivity index (χ4v) is 1.58. The second kappa shape index (κ2) is 9.34. The molecule has 1 aromatic carbocycles. The highest BCUT2D eigenvalue weighted by atomic mass is 16.5. The number of anilines is 1. The van der Waals surface area contributed by atoms with Crippen LogP contribution in [-0.4, -0.2) is 38.8 Å². The van der Waals surface area contributed by atoms with E-state index in [9.17, 15) is 4.79 Å². The van der Waals surface area contributed by atoms with Crippen LogP contribution in [0.3, 0.4) is 0 Å². The first-order chi connectivity index (χ1) is 9.61. The Hall–Kier alpha value is -1.59. The lowest BCUT2D eigenvalue weighted by atomic mass is 10.3. The van der Waals surface area contributed by atoms with Gasteiger partial charge in [0.1, 0.15) is 12.4 Å². The zero-order chi connectivity index (χ0) is 14.8. The van der Waals surface area contributed by atoms with Gasteiger partial charge in [-0.1, -0.05) is 13.8 Å². The van der Waals surface area contributed by atoms with Gasteiger partial charge < -0.3 is 20.1 Å². The summed E-state index contributed by atoms with van der Waals surface area (Å²) in [6.07, 6.45) is 0.463. The van der Waals surface area contributed by atoms with Gasteiger partial charge in [0, 0.05) is 31.8 Å². The summed E-state index contributed by atoms with van der Waals surface area (Å²) in [5.41, 5.74) is 0.777. The quantitative estimate of drug-likeness (QED) is 0.680. The van der Waals surface area contributed by atoms with E-state index in [1.54, 1.807) is 7.11 Å². The maximum Gasteiger partial charge on any atom is 0.225 e. The first-order valence-electron chi connectivity index (χ1n) is 6.87. The number of carbonyl (C=O) groups excluding carboxylic acids is 1. The minimum absolute atomic E-state index is 0.00574. The molecule has 0 radical (unpaired) electrons. The fraction of sp³-hybridized carbons (Fsp3) is 0.533. The lowest BCUT2D eigenvalue weighted by Crippen LogP contribution is -2.27. The summed E-state index contributed by atoms with van der Waals surface area (Å²) < 4.78 is 10.4. The zero-order valence-corrected chi connectivity index (χ0v) is 12.4. The third-order valence-electron chi connectivity index (χ3n) is 2.60. The third kappa shape index (κ3) is 7.11. The van der Waals surface area contributed by atoms with Gasteiger partial charge in [0.2, 0.25) is 5.91 Å². The van der Waals surface area contributed by atoms with Crippen molar-refractivity contribution in [2.75, 3.05) is 32.2 Å². The smallest absolute Gasteiger partial charge is 0.225 e. The van der Waals surface area contributed by atoms with Crippen molar-refractivity contribution in [3.05, 3.63) is 24.3 Å². The van der Waals surface area contributed by atoms with Crippen LogP contribution < -0.4 is 15.4 Å². The van der Waals surface area contributed by atoms with E-state index in [0.717, 1.165) is 11.4 Å². The molecule has 0 aliphatic carbocycles. The Labute approximate surface area is 120 Å². The predicted octanol–water partition coefficient (Wildman–Crippen LogP) is 2.04. The van der Waals surface area contributed by atoms with Crippen LogP contribution in [0.2, 0.25) is 0 Å². The monoisotopic (exact) mass is 280 g/mol. The Balaban J connectivity index is 2.31. The van der Waals surface area contributed by atoms with Crippen molar-refractivity contribution in [2.24, 2.45) is 0 Å². The molecule has 5 nitrogen and oxygen atoms in total. The number of rotatable bonds is 9. The van der Waals surface area contributed by atoms with Crippen molar-refractivity contribution in [3.8, 4) is 5.75 Å². The molecule has 0 unspecified atom stereocenters. The largest absolute Gasteiger partial charge is 0.491 e. The summed E-state index contributed by atoms with van der Waals surface area (Å²) in [5, 5.41) is 6.06. The summed E-state index contributed by atoms with van der Waals surface area (Å²) in [6, 6.07) is 7.72. The van der Waals surface area contributed by atoms with E-state index >= 15 is 0 Å². The molecule has 0 heterocycles. The van der Waals surface area contributed by atoms with Crippen molar-refractivity contribution in [1.82, 2.24) is 5.32 Å². The van der Waals surface area contributed by atoms with E-state index in [1.165, 1.54) is 0 Å². The van der Waals surface area contributed by atoms with Gasteiger partial charge in [-0.3, -0.25) is 4.79 Å². The first-order valence-corrected chi connectivity index (χ1v) is 6.87. The van der Waals surface area contributed by atoms with E-state index in [4.69, 9.17) is 9.47 Å². The second-order valence-corrected chi connectivity index (χ2v) is 4.77. The first kappa shape index (κ1) is 16.5. The van der Waals surface area contributed by atoms with Crippen molar-refractivity contribution in [3.63, 3.8) is 0 Å². The number of amides is 1. The summed E-state index contributed by atoms with van der Waals surface area (Å²) in [4.78, 5) is 11.7. The Morgan fingerprint density at radius 3 is 2.50 bits per heavy atom. The summed E-state index contributed by atoms with van der Waals surface area (Å²) in [7, 11) is 1.64. The van der Waals surface area contributed by atoms with E-state index in [-0.39, 0.29) is 5.91 Å². The summed E-state index contributed by atoms with van der Waals surface area (Å²) >= 11 is 0. The molecule has 0 saturated carbocycles. The van der Waals surface area contributed by atoms with Crippen LogP contribution in [0, 0.1) is 0 Å². The molecular weight excluding hydrogens is 256 g/mol. The molecule has 0 spiro atoms. The van der Waals surface area contributed by atoms with Crippen LogP contribution in [0.1, 0.15) is 20.3 Å². The van der Waals surface area contributed by atoms with E-state index < -0.39 is 0 Å². The Morgan fingerprint density at radius 2 is 1.90 bits per heavy atom. The number of methoxy groups -OCH3 is 1. The average molecular weight is 280 g/mol. The van der Waals surface area contributed by atoms with Gasteiger partial charge in [0.15, 0.2) is 0 Å². The van der Waals surface area contributed by atoms with Crippen LogP contribution in [0.25, 0.3) is 0 Å². The molecule has 0 aliphatic heterocycles. The highest BCUT2D eigenvalue weighted by Gasteiger charge is 2.03. The molecule has 0 saturated heterocycles. The fourth-order valence-electron chi connectivity index (χ4n) is 1.58. The van der Waals surface area contributed by atoms with Gasteiger partial charge in [-0.25, -0.2) is 0 Å². The van der Waals surface area contributed by atoms with Gasteiger partial charge in [-0.2, -0.15) is 0 Å². The summed E-state index contributed by atoms with van der Waals surface area (Å²) in [5.74, 6) is 0.771. The number of ether oxygens (including phenoxy) is 2. The molecule has 5 heteroatoms. The van der Waals surface area contributed by atoms with Crippen LogP contribution in [0.5, 0.6) is 5.75 Å². The van der Waals surface area contributed by atoms with Gasteiger partial charge in [0.05, 0.1) is 6.61 Å². The molecule has 20 heavy (non-hydrogen) atoms. The Morgan fingerprint density at radius 1 is 1.20 bits per heavy atom. The van der Waals surface area contributed by atoms with Gasteiger partial charge >= 0.3 is 0 Å². The molecule has 0 aromatic heterocycles. The molecule has 112 valence electrons. The number of carbonyl (C=O) groups is 1. The van der Waals surface area contributed by atoms with Crippen molar-refractivity contribution in [1.29, 1.82) is 0 Å². The highest BCUT2D eigenvalue weighted by molar-refractivity contribution is 5.90. The Kier molecular flexibility index (Phi) is 7.69. The maximum absolute atomic E-state index is 11.7. The minimum Gasteiger partial charge on any atom is -0.491 e. The molecule has 0 bridgehead atoms. The lowest BCUT2D eigenvalue weighted by Gasteiger charge is -2.09. The van der Waals surface area contributed by atoms with E-state index in [0.29, 0.717) is 32.2 Å². The normalized spacial score (nSPS) is 10.6. The standard InChI is InChI=1S/C15H24N2O3/c1-12(2)16-9-8-15(18)17-13-4-6-14(7-5-13)20-11-10-19-3/h4-7,12,16H,8-11H2,1-3H3,(H,17,18). The van der Waals surface area contributed by atoms with Gasteiger partial charge in [-0.05, 0) is 24.3 Å². The maximum atomic E-state index is 11.7. The number of hydrogen-bond acceptors (Lipinski definition) is 4. The third-order valence-corrected chi connectivity index (χ3v) is 2.60. The van der Waals surface area contributed by atoms with Crippen LogP contribution in [0.15, 0.2) is 24.3 Å². The topological polar surface area (TPSA) is 59.6 Å². The molecular formula is C15H24N2O3. The van der Waals surface area contributed by atoms with Crippen LogP contribution in [-0.2, 0) is 9.53 Å². The second-order valence-electron chi connectivity index (χ2n) is 4.77. The van der Waals surface area contributed by atoms with Gasteiger partial charge in [-0.15, -0.1) is 0 Å². The highest BCUT2D eigenvalue weighted by Crippen LogP contribution is 2.15. The molecule has 0 aliphatic rings. The molecule has 0 fully saturated rings. The number of nitrogens with one attached hydrogen (secondary N) is 2. The Bertz CT molecular complexity index is 391. The SMILES string of the molecule is COCCOc1ccc(NC(=O)CCNC(C)C)cc1. The zero-order valence-electron chi connectivity index (χ0n) is 12.4. The number of benzene rings is 1. The molecule has 2 N–H and O–H groups in total. The van der Waals surface area contributed by atoms with E-state index in [1.807, 2.05) is 24.3 Å². The molecule has 1 amide bonds. The van der Waals surface area contributed by atoms with Crippen LogP contribution in [0.4, 0.5) is 5.69 Å². The van der Waals surface area contributed by atoms with Gasteiger partial charge in [0.25, 0.3) is 0 Å². The minimum atomic E-state index is 0.00574. The lowest BCUT2D eigenvalue weighted by molar-refractivity contribution is -0.116. The van der Waals surface area contributed by atoms with Crippen molar-refractivity contribution >= 4 is 11.6 Å². The molecule has 1 rings (SSSR count). The average Bonchev–Trinajstić information content (AvgIpc) is 2.40. The van der Waals surface area contributed by atoms with Crippen molar-refractivity contribution < 1.29 is 14.3 Å². The summed E-state index contributed by atoms with van der Waals surface area (Å²) in [6.45, 7) is 5.87. The van der Waals surface area contributed by atoms with Crippen molar-refractivity contribution in [2.45, 2.75) is 26.3 Å².